The number of piperidine rings is 1. The van der Waals surface area contributed by atoms with Crippen molar-refractivity contribution in [2.75, 3.05) is 19.6 Å². The number of carbonyl (C=O) groups is 1. The van der Waals surface area contributed by atoms with Gasteiger partial charge in [-0.3, -0.25) is 14.7 Å². The van der Waals surface area contributed by atoms with Crippen LogP contribution in [0.15, 0.2) is 41.9 Å². The van der Waals surface area contributed by atoms with Gasteiger partial charge < -0.3 is 10.4 Å². The van der Waals surface area contributed by atoms with Gasteiger partial charge in [-0.05, 0) is 55.4 Å². The van der Waals surface area contributed by atoms with Crippen LogP contribution in [0.1, 0.15) is 29.5 Å². The summed E-state index contributed by atoms with van der Waals surface area (Å²) in [4.78, 5) is 19.6. The molecule has 3 heterocycles. The molecule has 128 valence electrons. The van der Waals surface area contributed by atoms with Crippen LogP contribution in [0.25, 0.3) is 0 Å². The number of aliphatic hydroxyl groups is 1. The Bertz CT molecular complexity index is 625. The van der Waals surface area contributed by atoms with E-state index in [-0.39, 0.29) is 11.8 Å². The maximum atomic E-state index is 12.0. The largest absolute Gasteiger partial charge is 0.387 e. The van der Waals surface area contributed by atoms with Crippen molar-refractivity contribution < 1.29 is 9.90 Å². The van der Waals surface area contributed by atoms with Gasteiger partial charge in [-0.15, -0.1) is 11.3 Å². The van der Waals surface area contributed by atoms with Crippen LogP contribution in [-0.2, 0) is 11.3 Å². The lowest BCUT2D eigenvalue weighted by molar-refractivity contribution is -0.122. The summed E-state index contributed by atoms with van der Waals surface area (Å²) in [6, 6.07) is 9.64. The van der Waals surface area contributed by atoms with Crippen LogP contribution >= 0.6 is 11.3 Å². The highest BCUT2D eigenvalue weighted by Crippen LogP contribution is 2.29. The van der Waals surface area contributed by atoms with Crippen molar-refractivity contribution in [2.45, 2.75) is 25.5 Å². The van der Waals surface area contributed by atoms with Crippen molar-refractivity contribution in [3.63, 3.8) is 0 Å². The summed E-state index contributed by atoms with van der Waals surface area (Å²) >= 11 is 1.65. The predicted octanol–water partition coefficient (Wildman–Crippen LogP) is 2.20. The second-order valence-corrected chi connectivity index (χ2v) is 7.20. The summed E-state index contributed by atoms with van der Waals surface area (Å²) in [5.74, 6) is 0.275. The van der Waals surface area contributed by atoms with Crippen molar-refractivity contribution in [1.29, 1.82) is 0 Å². The van der Waals surface area contributed by atoms with Gasteiger partial charge in [-0.25, -0.2) is 0 Å². The fraction of sp³-hybridized carbons (Fsp3) is 0.444. The molecule has 2 aromatic rings. The third-order valence-electron chi connectivity index (χ3n) is 4.48. The molecule has 0 bridgehead atoms. The number of pyridine rings is 1. The molecule has 0 spiro atoms. The Balaban J connectivity index is 1.41. The van der Waals surface area contributed by atoms with E-state index in [0.717, 1.165) is 31.6 Å². The second-order valence-electron chi connectivity index (χ2n) is 6.17. The fourth-order valence-electron chi connectivity index (χ4n) is 3.08. The Morgan fingerprint density at radius 1 is 1.33 bits per heavy atom. The van der Waals surface area contributed by atoms with Crippen molar-refractivity contribution in [3.8, 4) is 0 Å². The molecule has 0 radical (unpaired) electrons. The van der Waals surface area contributed by atoms with E-state index in [4.69, 9.17) is 0 Å². The molecule has 0 aliphatic carbocycles. The molecule has 1 saturated heterocycles. The number of nitrogens with one attached hydrogen (secondary N) is 1. The standard InChI is InChI=1S/C18H23N3O2S/c22-17(20-12-15-4-3-11-24-15)13-21-9-6-14(7-10-21)18(23)16-5-1-2-8-19-16/h1-5,8,11,14,18,23H,6-7,9-10,12-13H2,(H,20,22)/t18-/m1/s1. The maximum Gasteiger partial charge on any atom is 0.234 e. The molecule has 0 aromatic carbocycles. The first kappa shape index (κ1) is 17.1. The molecule has 5 nitrogen and oxygen atoms in total. The quantitative estimate of drug-likeness (QED) is 0.842. The monoisotopic (exact) mass is 345 g/mol. The minimum absolute atomic E-state index is 0.0622. The normalized spacial score (nSPS) is 17.5. The summed E-state index contributed by atoms with van der Waals surface area (Å²) in [6.07, 6.45) is 2.97. The van der Waals surface area contributed by atoms with Crippen LogP contribution < -0.4 is 5.32 Å². The minimum Gasteiger partial charge on any atom is -0.387 e. The second kappa shape index (κ2) is 8.37. The number of hydrogen-bond acceptors (Lipinski definition) is 5. The van der Waals surface area contributed by atoms with Crippen molar-refractivity contribution in [1.82, 2.24) is 15.2 Å². The van der Waals surface area contributed by atoms with Crippen molar-refractivity contribution in [2.24, 2.45) is 5.92 Å². The van der Waals surface area contributed by atoms with Crippen LogP contribution in [0.3, 0.4) is 0 Å². The van der Waals surface area contributed by atoms with Crippen LogP contribution in [-0.4, -0.2) is 40.5 Å². The smallest absolute Gasteiger partial charge is 0.234 e. The van der Waals surface area contributed by atoms with Crippen LogP contribution in [0.5, 0.6) is 0 Å². The third kappa shape index (κ3) is 4.63. The molecule has 6 heteroatoms. The average molecular weight is 345 g/mol. The Labute approximate surface area is 146 Å². The Morgan fingerprint density at radius 3 is 2.83 bits per heavy atom. The van der Waals surface area contributed by atoms with E-state index in [9.17, 15) is 9.90 Å². The average Bonchev–Trinajstić information content (AvgIpc) is 3.14. The van der Waals surface area contributed by atoms with E-state index in [1.807, 2.05) is 35.7 Å². The molecule has 24 heavy (non-hydrogen) atoms. The van der Waals surface area contributed by atoms with Gasteiger partial charge in [0.25, 0.3) is 0 Å². The fourth-order valence-corrected chi connectivity index (χ4v) is 3.72. The Hall–Kier alpha value is -1.76. The van der Waals surface area contributed by atoms with E-state index in [1.54, 1.807) is 17.5 Å². The lowest BCUT2D eigenvalue weighted by atomic mass is 9.89. The van der Waals surface area contributed by atoms with Crippen LogP contribution in [0, 0.1) is 5.92 Å². The number of rotatable bonds is 6. The van der Waals surface area contributed by atoms with Gasteiger partial charge in [0.15, 0.2) is 0 Å². The van der Waals surface area contributed by atoms with Gasteiger partial charge in [-0.1, -0.05) is 12.1 Å². The lowest BCUT2D eigenvalue weighted by Crippen LogP contribution is -2.42. The van der Waals surface area contributed by atoms with Crippen molar-refractivity contribution in [3.05, 3.63) is 52.5 Å². The number of nitrogens with zero attached hydrogens (tertiary/aromatic N) is 2. The van der Waals surface area contributed by atoms with E-state index in [0.29, 0.717) is 13.1 Å². The van der Waals surface area contributed by atoms with Crippen LogP contribution in [0.4, 0.5) is 0 Å². The molecule has 0 unspecified atom stereocenters. The number of aliphatic hydroxyl groups excluding tert-OH is 1. The molecular weight excluding hydrogens is 322 g/mol. The first-order chi connectivity index (χ1) is 11.7. The first-order valence-corrected chi connectivity index (χ1v) is 9.21. The molecule has 1 atom stereocenters. The topological polar surface area (TPSA) is 65.5 Å². The number of likely N-dealkylation sites (tertiary alicyclic amines) is 1. The molecule has 1 aliphatic heterocycles. The first-order valence-electron chi connectivity index (χ1n) is 8.33. The molecular formula is C18H23N3O2S. The number of carbonyl (C=O) groups excluding carboxylic acids is 1. The highest BCUT2D eigenvalue weighted by Gasteiger charge is 2.27. The highest BCUT2D eigenvalue weighted by atomic mass is 32.1. The molecule has 2 aromatic heterocycles. The van der Waals surface area contributed by atoms with Gasteiger partial charge in [0.2, 0.25) is 5.91 Å². The van der Waals surface area contributed by atoms with E-state index < -0.39 is 6.10 Å². The number of amides is 1. The van der Waals surface area contributed by atoms with E-state index in [1.165, 1.54) is 4.88 Å². The van der Waals surface area contributed by atoms with Gasteiger partial charge in [0.1, 0.15) is 0 Å². The zero-order valence-corrected chi connectivity index (χ0v) is 14.4. The number of hydrogen-bond donors (Lipinski definition) is 2. The molecule has 2 N–H and O–H groups in total. The summed E-state index contributed by atoms with van der Waals surface area (Å²) < 4.78 is 0. The highest BCUT2D eigenvalue weighted by molar-refractivity contribution is 7.09. The van der Waals surface area contributed by atoms with Crippen molar-refractivity contribution >= 4 is 17.2 Å². The van der Waals surface area contributed by atoms with Gasteiger partial charge in [-0.2, -0.15) is 0 Å². The van der Waals surface area contributed by atoms with Crippen LogP contribution in [0.2, 0.25) is 0 Å². The summed E-state index contributed by atoms with van der Waals surface area (Å²) in [5.41, 5.74) is 0.740. The molecule has 0 saturated carbocycles. The molecule has 1 amide bonds. The zero-order valence-electron chi connectivity index (χ0n) is 13.6. The Morgan fingerprint density at radius 2 is 2.17 bits per heavy atom. The Kier molecular flexibility index (Phi) is 5.96. The lowest BCUT2D eigenvalue weighted by Gasteiger charge is -2.33. The predicted molar refractivity (Wildman–Crippen MR) is 94.5 cm³/mol. The van der Waals surface area contributed by atoms with E-state index >= 15 is 0 Å². The molecule has 1 fully saturated rings. The zero-order chi connectivity index (χ0) is 16.8. The van der Waals surface area contributed by atoms with Gasteiger partial charge in [0, 0.05) is 11.1 Å². The minimum atomic E-state index is -0.513. The molecule has 3 rings (SSSR count). The van der Waals surface area contributed by atoms with Gasteiger partial charge in [0.05, 0.1) is 24.9 Å². The summed E-state index contributed by atoms with van der Waals surface area (Å²) in [5, 5.41) is 15.4. The number of aromatic nitrogens is 1. The van der Waals surface area contributed by atoms with Gasteiger partial charge >= 0.3 is 0 Å². The maximum absolute atomic E-state index is 12.0. The molecule has 1 aliphatic rings. The third-order valence-corrected chi connectivity index (χ3v) is 5.35. The SMILES string of the molecule is O=C(CN1CCC([C@@H](O)c2ccccn2)CC1)NCc1cccs1. The summed E-state index contributed by atoms with van der Waals surface area (Å²) in [6.45, 7) is 2.70. The number of thiophene rings is 1. The van der Waals surface area contributed by atoms with E-state index in [2.05, 4.69) is 15.2 Å². The summed E-state index contributed by atoms with van der Waals surface area (Å²) in [7, 11) is 0.